The third kappa shape index (κ3) is 4.78. The van der Waals surface area contributed by atoms with Gasteiger partial charge in [-0.05, 0) is 24.6 Å². The Balaban J connectivity index is 1.38. The van der Waals surface area contributed by atoms with Gasteiger partial charge in [-0.15, -0.1) is 0 Å². The van der Waals surface area contributed by atoms with E-state index in [0.29, 0.717) is 32.7 Å². The van der Waals surface area contributed by atoms with E-state index in [1.54, 1.807) is 6.92 Å². The summed E-state index contributed by atoms with van der Waals surface area (Å²) in [6.45, 7) is 6.52. The number of amides is 2. The van der Waals surface area contributed by atoms with Gasteiger partial charge < -0.3 is 24.4 Å². The molecular formula is C18H25N3O5. The minimum atomic E-state index is -0.478. The van der Waals surface area contributed by atoms with Crippen LogP contribution >= 0.6 is 0 Å². The first-order valence-corrected chi connectivity index (χ1v) is 8.95. The highest BCUT2D eigenvalue weighted by atomic mass is 16.7. The summed E-state index contributed by atoms with van der Waals surface area (Å²) in [5, 5.41) is 2.57. The van der Waals surface area contributed by atoms with Crippen LogP contribution in [0, 0.1) is 0 Å². The van der Waals surface area contributed by atoms with Crippen molar-refractivity contribution in [3.05, 3.63) is 23.8 Å². The number of nitrogens with one attached hydrogen (secondary N) is 1. The lowest BCUT2D eigenvalue weighted by molar-refractivity contribution is -0.132. The van der Waals surface area contributed by atoms with Crippen LogP contribution in [0.4, 0.5) is 4.79 Å². The molecule has 1 N–H and O–H groups in total. The molecule has 8 nitrogen and oxygen atoms in total. The van der Waals surface area contributed by atoms with Gasteiger partial charge in [0.05, 0.1) is 6.61 Å². The van der Waals surface area contributed by atoms with Crippen molar-refractivity contribution in [2.75, 3.05) is 46.1 Å². The van der Waals surface area contributed by atoms with Gasteiger partial charge in [0, 0.05) is 45.7 Å². The minimum Gasteiger partial charge on any atom is -0.454 e. The molecule has 0 aromatic heterocycles. The quantitative estimate of drug-likeness (QED) is 0.818. The Morgan fingerprint density at radius 3 is 2.69 bits per heavy atom. The number of alkyl carbamates (subject to hydrolysis) is 1. The molecule has 26 heavy (non-hydrogen) atoms. The maximum Gasteiger partial charge on any atom is 0.407 e. The molecule has 0 aliphatic carbocycles. The fraction of sp³-hybridized carbons (Fsp3) is 0.556. The molecule has 0 radical (unpaired) electrons. The van der Waals surface area contributed by atoms with Crippen molar-refractivity contribution in [2.24, 2.45) is 0 Å². The smallest absolute Gasteiger partial charge is 0.407 e. The van der Waals surface area contributed by atoms with Crippen molar-refractivity contribution >= 4 is 12.0 Å². The van der Waals surface area contributed by atoms with Crippen LogP contribution in [0.1, 0.15) is 18.9 Å². The maximum absolute atomic E-state index is 12.2. The Kier molecular flexibility index (Phi) is 6.17. The van der Waals surface area contributed by atoms with Crippen molar-refractivity contribution in [2.45, 2.75) is 19.9 Å². The van der Waals surface area contributed by atoms with Gasteiger partial charge in [-0.3, -0.25) is 9.69 Å². The molecule has 0 saturated carbocycles. The summed E-state index contributed by atoms with van der Waals surface area (Å²) >= 11 is 0. The molecule has 2 amide bonds. The molecule has 0 atom stereocenters. The average molecular weight is 363 g/mol. The van der Waals surface area contributed by atoms with E-state index in [1.165, 1.54) is 5.56 Å². The highest BCUT2D eigenvalue weighted by Gasteiger charge is 2.22. The van der Waals surface area contributed by atoms with Crippen LogP contribution in [0.25, 0.3) is 0 Å². The number of rotatable bonds is 6. The third-order valence-corrected chi connectivity index (χ3v) is 4.45. The lowest BCUT2D eigenvalue weighted by Crippen LogP contribution is -2.48. The van der Waals surface area contributed by atoms with Crippen LogP contribution < -0.4 is 14.8 Å². The molecule has 0 spiro atoms. The molecule has 2 heterocycles. The molecule has 0 unspecified atom stereocenters. The predicted molar refractivity (Wildman–Crippen MR) is 94.1 cm³/mol. The fourth-order valence-corrected chi connectivity index (χ4v) is 3.06. The average Bonchev–Trinajstić information content (AvgIpc) is 3.10. The Hall–Kier alpha value is -2.48. The number of piperazine rings is 1. The van der Waals surface area contributed by atoms with Gasteiger partial charge >= 0.3 is 6.09 Å². The van der Waals surface area contributed by atoms with Crippen LogP contribution in [0.5, 0.6) is 11.5 Å². The summed E-state index contributed by atoms with van der Waals surface area (Å²) in [5.41, 5.74) is 1.17. The van der Waals surface area contributed by atoms with Gasteiger partial charge in [-0.25, -0.2) is 4.79 Å². The second-order valence-corrected chi connectivity index (χ2v) is 6.24. The summed E-state index contributed by atoms with van der Waals surface area (Å²) in [7, 11) is 0. The second-order valence-electron chi connectivity index (χ2n) is 6.24. The summed E-state index contributed by atoms with van der Waals surface area (Å²) in [6, 6.07) is 6.00. The lowest BCUT2D eigenvalue weighted by atomic mass is 10.1. The molecule has 1 aromatic carbocycles. The number of carbonyl (C=O) groups is 2. The lowest BCUT2D eigenvalue weighted by Gasteiger charge is -2.34. The van der Waals surface area contributed by atoms with Gasteiger partial charge in [0.1, 0.15) is 0 Å². The molecule has 3 rings (SSSR count). The SMILES string of the molecule is CCOC(=O)NCCC(=O)N1CCN(Cc2ccc3c(c2)OCO3)CC1. The van der Waals surface area contributed by atoms with E-state index >= 15 is 0 Å². The second kappa shape index (κ2) is 8.75. The highest BCUT2D eigenvalue weighted by molar-refractivity contribution is 5.77. The topological polar surface area (TPSA) is 80.3 Å². The van der Waals surface area contributed by atoms with Crippen LogP contribution in [0.3, 0.4) is 0 Å². The van der Waals surface area contributed by atoms with E-state index in [9.17, 15) is 9.59 Å². The predicted octanol–water partition coefficient (Wildman–Crippen LogP) is 1.20. The minimum absolute atomic E-state index is 0.0597. The Morgan fingerprint density at radius 2 is 1.92 bits per heavy atom. The number of ether oxygens (including phenoxy) is 3. The Bertz CT molecular complexity index is 644. The standard InChI is InChI=1S/C18H25N3O5/c1-2-24-18(23)19-6-5-17(22)21-9-7-20(8-10-21)12-14-3-4-15-16(11-14)26-13-25-15/h3-4,11H,2,5-10,12-13H2,1H3,(H,19,23). The zero-order valence-corrected chi connectivity index (χ0v) is 15.0. The normalized spacial score (nSPS) is 16.4. The van der Waals surface area contributed by atoms with E-state index in [0.717, 1.165) is 31.1 Å². The number of hydrogen-bond donors (Lipinski definition) is 1. The summed E-state index contributed by atoms with van der Waals surface area (Å²) in [4.78, 5) is 27.6. The highest BCUT2D eigenvalue weighted by Crippen LogP contribution is 2.32. The number of nitrogens with zero attached hydrogens (tertiary/aromatic N) is 2. The molecule has 142 valence electrons. The fourth-order valence-electron chi connectivity index (χ4n) is 3.06. The van der Waals surface area contributed by atoms with E-state index < -0.39 is 6.09 Å². The third-order valence-electron chi connectivity index (χ3n) is 4.45. The zero-order chi connectivity index (χ0) is 18.4. The van der Waals surface area contributed by atoms with Crippen LogP contribution in [-0.2, 0) is 16.1 Å². The summed E-state index contributed by atoms with van der Waals surface area (Å²) in [5.74, 6) is 1.65. The van der Waals surface area contributed by atoms with Crippen molar-refractivity contribution < 1.29 is 23.8 Å². The van der Waals surface area contributed by atoms with Crippen molar-refractivity contribution in [3.63, 3.8) is 0 Å². The molecule has 2 aliphatic rings. The molecule has 0 bridgehead atoms. The zero-order valence-electron chi connectivity index (χ0n) is 15.0. The largest absolute Gasteiger partial charge is 0.454 e. The molecule has 1 aromatic rings. The van der Waals surface area contributed by atoms with Gasteiger partial charge in [-0.2, -0.15) is 0 Å². The summed E-state index contributed by atoms with van der Waals surface area (Å²) < 4.78 is 15.5. The van der Waals surface area contributed by atoms with Gasteiger partial charge in [-0.1, -0.05) is 6.07 Å². The first kappa shape index (κ1) is 18.3. The Labute approximate surface area is 153 Å². The maximum atomic E-state index is 12.2. The van der Waals surface area contributed by atoms with Crippen LogP contribution in [0.2, 0.25) is 0 Å². The van der Waals surface area contributed by atoms with Crippen LogP contribution in [0.15, 0.2) is 18.2 Å². The van der Waals surface area contributed by atoms with Gasteiger partial charge in [0.15, 0.2) is 11.5 Å². The molecule has 1 saturated heterocycles. The Morgan fingerprint density at radius 1 is 1.15 bits per heavy atom. The molecule has 8 heteroatoms. The van der Waals surface area contributed by atoms with Gasteiger partial charge in [0.2, 0.25) is 12.7 Å². The first-order valence-electron chi connectivity index (χ1n) is 8.95. The van der Waals surface area contributed by atoms with Crippen molar-refractivity contribution in [3.8, 4) is 11.5 Å². The van der Waals surface area contributed by atoms with E-state index in [2.05, 4.69) is 10.2 Å². The number of carbonyl (C=O) groups excluding carboxylic acids is 2. The van der Waals surface area contributed by atoms with Crippen LogP contribution in [-0.4, -0.2) is 67.9 Å². The summed E-state index contributed by atoms with van der Waals surface area (Å²) in [6.07, 6.45) is -0.185. The molecule has 2 aliphatic heterocycles. The number of benzene rings is 1. The van der Waals surface area contributed by atoms with E-state index in [4.69, 9.17) is 14.2 Å². The number of hydrogen-bond acceptors (Lipinski definition) is 6. The van der Waals surface area contributed by atoms with E-state index in [-0.39, 0.29) is 12.7 Å². The number of fused-ring (bicyclic) bond motifs is 1. The van der Waals surface area contributed by atoms with Crippen molar-refractivity contribution in [1.82, 2.24) is 15.1 Å². The van der Waals surface area contributed by atoms with Crippen molar-refractivity contribution in [1.29, 1.82) is 0 Å². The molecule has 1 fully saturated rings. The monoisotopic (exact) mass is 363 g/mol. The molecular weight excluding hydrogens is 338 g/mol. The first-order chi connectivity index (χ1) is 12.7. The van der Waals surface area contributed by atoms with E-state index in [1.807, 2.05) is 23.1 Å². The van der Waals surface area contributed by atoms with Gasteiger partial charge in [0.25, 0.3) is 0 Å².